The van der Waals surface area contributed by atoms with Crippen molar-refractivity contribution in [1.29, 1.82) is 0 Å². The summed E-state index contributed by atoms with van der Waals surface area (Å²) in [6, 6.07) is 5.04. The van der Waals surface area contributed by atoms with Crippen molar-refractivity contribution in [2.24, 2.45) is 0 Å². The van der Waals surface area contributed by atoms with Gasteiger partial charge in [0, 0.05) is 24.5 Å². The average Bonchev–Trinajstić information content (AvgIpc) is 3.09. The van der Waals surface area contributed by atoms with Crippen LogP contribution >= 0.6 is 0 Å². The maximum absolute atomic E-state index is 11.9. The molecule has 1 atom stereocenters. The summed E-state index contributed by atoms with van der Waals surface area (Å²) in [5.74, 6) is -0.690. The Morgan fingerprint density at radius 3 is 2.64 bits per heavy atom. The van der Waals surface area contributed by atoms with Crippen LogP contribution in [-0.2, 0) is 9.59 Å². The summed E-state index contributed by atoms with van der Waals surface area (Å²) in [4.78, 5) is 23.7. The van der Waals surface area contributed by atoms with E-state index < -0.39 is 17.4 Å². The number of carbonyl (C=O) groups excluding carboxylic acids is 2. The van der Waals surface area contributed by atoms with Gasteiger partial charge in [-0.25, -0.2) is 0 Å². The Labute approximate surface area is 128 Å². The second-order valence-corrected chi connectivity index (χ2v) is 5.93. The molecule has 7 nitrogen and oxygen atoms in total. The molecule has 0 aliphatic heterocycles. The van der Waals surface area contributed by atoms with Crippen molar-refractivity contribution in [3.8, 4) is 0 Å². The highest BCUT2D eigenvalue weighted by molar-refractivity contribution is 6.35. The zero-order valence-electron chi connectivity index (χ0n) is 12.9. The van der Waals surface area contributed by atoms with Gasteiger partial charge in [-0.3, -0.25) is 14.3 Å². The molecule has 0 spiro atoms. The average molecular weight is 304 g/mol. The van der Waals surface area contributed by atoms with E-state index in [2.05, 4.69) is 15.7 Å². The molecule has 0 radical (unpaired) electrons. The van der Waals surface area contributed by atoms with Crippen LogP contribution in [0.15, 0.2) is 41.3 Å². The van der Waals surface area contributed by atoms with E-state index in [9.17, 15) is 9.59 Å². The lowest BCUT2D eigenvalue weighted by molar-refractivity contribution is -0.140. The van der Waals surface area contributed by atoms with E-state index in [0.717, 1.165) is 0 Å². The van der Waals surface area contributed by atoms with Gasteiger partial charge < -0.3 is 15.1 Å². The van der Waals surface area contributed by atoms with Gasteiger partial charge in [0.2, 0.25) is 0 Å². The maximum Gasteiger partial charge on any atom is 0.309 e. The molecular formula is C15H20N4O3. The molecule has 2 amide bonds. The van der Waals surface area contributed by atoms with Crippen LogP contribution < -0.4 is 10.6 Å². The topological polar surface area (TPSA) is 89.2 Å². The third-order valence-corrected chi connectivity index (χ3v) is 2.87. The summed E-state index contributed by atoms with van der Waals surface area (Å²) in [7, 11) is 0. The largest absolute Gasteiger partial charge is 0.467 e. The van der Waals surface area contributed by atoms with Crippen molar-refractivity contribution in [3.05, 3.63) is 42.6 Å². The van der Waals surface area contributed by atoms with Crippen molar-refractivity contribution in [3.63, 3.8) is 0 Å². The molecule has 2 aromatic heterocycles. The quantitative estimate of drug-likeness (QED) is 0.828. The highest BCUT2D eigenvalue weighted by Crippen LogP contribution is 2.17. The van der Waals surface area contributed by atoms with E-state index in [0.29, 0.717) is 5.76 Å². The fourth-order valence-corrected chi connectivity index (χ4v) is 1.94. The molecule has 7 heteroatoms. The number of amides is 2. The third kappa shape index (κ3) is 4.21. The first-order valence-corrected chi connectivity index (χ1v) is 7.00. The number of rotatable bonds is 4. The van der Waals surface area contributed by atoms with E-state index in [1.165, 1.54) is 0 Å². The van der Waals surface area contributed by atoms with Crippen LogP contribution in [0.25, 0.3) is 0 Å². The summed E-state index contributed by atoms with van der Waals surface area (Å²) < 4.78 is 7.05. The zero-order valence-corrected chi connectivity index (χ0v) is 12.9. The van der Waals surface area contributed by atoms with Gasteiger partial charge in [0.15, 0.2) is 0 Å². The first kappa shape index (κ1) is 15.8. The van der Waals surface area contributed by atoms with Crippen LogP contribution in [0.4, 0.5) is 0 Å². The molecule has 0 aromatic carbocycles. The molecule has 1 unspecified atom stereocenters. The van der Waals surface area contributed by atoms with Crippen molar-refractivity contribution in [2.75, 3.05) is 6.54 Å². The van der Waals surface area contributed by atoms with Crippen LogP contribution in [0, 0.1) is 0 Å². The highest BCUT2D eigenvalue weighted by Gasteiger charge is 2.23. The van der Waals surface area contributed by atoms with Gasteiger partial charge in [0.25, 0.3) is 0 Å². The molecule has 2 rings (SSSR count). The van der Waals surface area contributed by atoms with Crippen molar-refractivity contribution in [2.45, 2.75) is 32.4 Å². The third-order valence-electron chi connectivity index (χ3n) is 2.87. The predicted octanol–water partition coefficient (Wildman–Crippen LogP) is 1.10. The van der Waals surface area contributed by atoms with Gasteiger partial charge in [-0.1, -0.05) is 0 Å². The second kappa shape index (κ2) is 6.46. The number of aromatic nitrogens is 2. The van der Waals surface area contributed by atoms with Gasteiger partial charge in [-0.2, -0.15) is 5.10 Å². The van der Waals surface area contributed by atoms with E-state index in [4.69, 9.17) is 4.42 Å². The molecule has 0 saturated carbocycles. The molecule has 22 heavy (non-hydrogen) atoms. The van der Waals surface area contributed by atoms with Crippen LogP contribution in [0.1, 0.15) is 32.6 Å². The monoisotopic (exact) mass is 304 g/mol. The van der Waals surface area contributed by atoms with Gasteiger partial charge in [-0.15, -0.1) is 0 Å². The van der Waals surface area contributed by atoms with E-state index in [1.807, 2.05) is 20.8 Å². The number of hydrogen-bond acceptors (Lipinski definition) is 4. The molecule has 2 N–H and O–H groups in total. The maximum atomic E-state index is 11.9. The molecule has 2 heterocycles. The lowest BCUT2D eigenvalue weighted by Gasteiger charge is -2.21. The SMILES string of the molecule is CC(C)(C)NC(=O)C(=O)NCC(c1ccco1)n1cccn1. The molecule has 0 aliphatic rings. The Bertz CT molecular complexity index is 578. The molecule has 0 bridgehead atoms. The van der Waals surface area contributed by atoms with Crippen LogP contribution in [-0.4, -0.2) is 33.7 Å². The number of furan rings is 1. The fraction of sp³-hybridized carbons (Fsp3) is 0.400. The Morgan fingerprint density at radius 2 is 2.09 bits per heavy atom. The van der Waals surface area contributed by atoms with E-state index >= 15 is 0 Å². The van der Waals surface area contributed by atoms with Crippen molar-refractivity contribution in [1.82, 2.24) is 20.4 Å². The van der Waals surface area contributed by atoms with Crippen LogP contribution in [0.3, 0.4) is 0 Å². The minimum atomic E-state index is -0.682. The van der Waals surface area contributed by atoms with Crippen molar-refractivity contribution < 1.29 is 14.0 Å². The lowest BCUT2D eigenvalue weighted by Crippen LogP contribution is -2.49. The minimum absolute atomic E-state index is 0.200. The second-order valence-electron chi connectivity index (χ2n) is 5.93. The molecule has 0 fully saturated rings. The van der Waals surface area contributed by atoms with Gasteiger partial charge in [0.05, 0.1) is 6.26 Å². The Hall–Kier alpha value is -2.57. The van der Waals surface area contributed by atoms with Crippen LogP contribution in [0.2, 0.25) is 0 Å². The van der Waals surface area contributed by atoms with Gasteiger partial charge >= 0.3 is 11.8 Å². The summed E-state index contributed by atoms with van der Waals surface area (Å²) in [5.41, 5.74) is -0.461. The van der Waals surface area contributed by atoms with Gasteiger partial charge in [-0.05, 0) is 39.0 Å². The Morgan fingerprint density at radius 1 is 1.32 bits per heavy atom. The molecule has 0 saturated heterocycles. The van der Waals surface area contributed by atoms with Crippen molar-refractivity contribution >= 4 is 11.8 Å². The predicted molar refractivity (Wildman–Crippen MR) is 80.0 cm³/mol. The number of nitrogens with one attached hydrogen (secondary N) is 2. The first-order valence-electron chi connectivity index (χ1n) is 7.00. The fourth-order valence-electron chi connectivity index (χ4n) is 1.94. The van der Waals surface area contributed by atoms with Gasteiger partial charge in [0.1, 0.15) is 11.8 Å². The Balaban J connectivity index is 2.01. The van der Waals surface area contributed by atoms with Crippen LogP contribution in [0.5, 0.6) is 0 Å². The van der Waals surface area contributed by atoms with E-state index in [-0.39, 0.29) is 12.6 Å². The molecular weight excluding hydrogens is 284 g/mol. The summed E-state index contributed by atoms with van der Waals surface area (Å²) in [6.07, 6.45) is 4.97. The number of hydrogen-bond donors (Lipinski definition) is 2. The van der Waals surface area contributed by atoms with E-state index in [1.54, 1.807) is 41.5 Å². The minimum Gasteiger partial charge on any atom is -0.467 e. The molecule has 0 aliphatic carbocycles. The Kier molecular flexibility index (Phi) is 4.65. The summed E-state index contributed by atoms with van der Waals surface area (Å²) in [5, 5.41) is 9.38. The molecule has 118 valence electrons. The summed E-state index contributed by atoms with van der Waals surface area (Å²) >= 11 is 0. The summed E-state index contributed by atoms with van der Waals surface area (Å²) in [6.45, 7) is 5.64. The molecule has 2 aromatic rings. The first-order chi connectivity index (χ1) is 10.4. The smallest absolute Gasteiger partial charge is 0.309 e. The zero-order chi connectivity index (χ0) is 16.2. The lowest BCUT2D eigenvalue weighted by atomic mass is 10.1. The normalized spacial score (nSPS) is 12.7. The highest BCUT2D eigenvalue weighted by atomic mass is 16.3. The standard InChI is InChI=1S/C15H20N4O3/c1-15(2,3)18-14(21)13(20)16-10-11(12-6-4-9-22-12)19-8-5-7-17-19/h4-9,11H,10H2,1-3H3,(H,16,20)(H,18,21). The number of nitrogens with zero attached hydrogens (tertiary/aromatic N) is 2. The number of carbonyl (C=O) groups is 2.